The summed E-state index contributed by atoms with van der Waals surface area (Å²) in [5.41, 5.74) is 3.03. The van der Waals surface area contributed by atoms with Gasteiger partial charge in [0.1, 0.15) is 5.75 Å². The molecule has 3 heteroatoms. The Hall–Kier alpha value is -2.29. The van der Waals surface area contributed by atoms with Crippen molar-refractivity contribution in [2.45, 2.75) is 40.2 Å². The van der Waals surface area contributed by atoms with Gasteiger partial charge in [-0.05, 0) is 26.3 Å². The second kappa shape index (κ2) is 6.07. The largest absolute Gasteiger partial charge is 0.496 e. The zero-order valence-electron chi connectivity index (χ0n) is 14.3. The first kappa shape index (κ1) is 15.6. The van der Waals surface area contributed by atoms with E-state index in [1.807, 2.05) is 25.1 Å². The molecule has 0 aliphatic rings. The summed E-state index contributed by atoms with van der Waals surface area (Å²) in [5, 5.41) is 3.24. The first-order chi connectivity index (χ1) is 11.1. The average molecular weight is 309 g/mol. The van der Waals surface area contributed by atoms with Crippen molar-refractivity contribution in [1.29, 1.82) is 0 Å². The van der Waals surface area contributed by atoms with Gasteiger partial charge in [-0.15, -0.1) is 0 Å². The van der Waals surface area contributed by atoms with E-state index < -0.39 is 0 Å². The van der Waals surface area contributed by atoms with E-state index in [0.717, 1.165) is 58.1 Å². The fraction of sp³-hybridized carbons (Fsp3) is 0.350. The van der Waals surface area contributed by atoms with Crippen LogP contribution in [0.2, 0.25) is 0 Å². The number of fused-ring (bicyclic) bond motifs is 3. The van der Waals surface area contributed by atoms with E-state index in [4.69, 9.17) is 4.74 Å². The molecule has 0 amide bonds. The van der Waals surface area contributed by atoms with Crippen LogP contribution in [0.4, 0.5) is 0 Å². The first-order valence-corrected chi connectivity index (χ1v) is 8.19. The molecule has 3 rings (SSSR count). The Kier molecular flexibility index (Phi) is 4.12. The van der Waals surface area contributed by atoms with Gasteiger partial charge in [0.05, 0.1) is 12.6 Å². The molecule has 3 nitrogen and oxygen atoms in total. The summed E-state index contributed by atoms with van der Waals surface area (Å²) in [6, 6.07) is 10.3. The summed E-state index contributed by atoms with van der Waals surface area (Å²) in [4.78, 5) is 12.2. The number of ketones is 1. The second-order valence-electron chi connectivity index (χ2n) is 6.04. The van der Waals surface area contributed by atoms with Crippen LogP contribution in [0, 0.1) is 6.92 Å². The third-order valence-electron chi connectivity index (χ3n) is 4.59. The van der Waals surface area contributed by atoms with Crippen LogP contribution in [-0.4, -0.2) is 17.5 Å². The number of hydrogen-bond acceptors (Lipinski definition) is 2. The molecule has 1 heterocycles. The normalized spacial score (nSPS) is 11.3. The van der Waals surface area contributed by atoms with Gasteiger partial charge in [0.25, 0.3) is 0 Å². The Morgan fingerprint density at radius 2 is 1.87 bits per heavy atom. The van der Waals surface area contributed by atoms with Crippen molar-refractivity contribution in [3.63, 3.8) is 0 Å². The molecule has 0 atom stereocenters. The SMILES string of the molecule is CCCCn1c(C)c(C(C)=O)c2cc(OC)c3ccccc3c21. The molecule has 0 aliphatic heterocycles. The van der Waals surface area contributed by atoms with E-state index in [9.17, 15) is 4.79 Å². The highest BCUT2D eigenvalue weighted by molar-refractivity contribution is 6.17. The number of aryl methyl sites for hydroxylation is 1. The number of Topliss-reactive ketones (excluding diaryl/α,β-unsaturated/α-hetero) is 1. The van der Waals surface area contributed by atoms with Crippen LogP contribution in [0.15, 0.2) is 30.3 Å². The highest BCUT2D eigenvalue weighted by atomic mass is 16.5. The Balaban J connectivity index is 2.49. The number of hydrogen-bond donors (Lipinski definition) is 0. The average Bonchev–Trinajstić information content (AvgIpc) is 2.83. The number of ether oxygens (including phenoxy) is 1. The third-order valence-corrected chi connectivity index (χ3v) is 4.59. The van der Waals surface area contributed by atoms with Crippen LogP contribution < -0.4 is 4.74 Å². The van der Waals surface area contributed by atoms with Crippen molar-refractivity contribution in [3.05, 3.63) is 41.6 Å². The van der Waals surface area contributed by atoms with Gasteiger partial charge in [0, 0.05) is 34.0 Å². The molecule has 23 heavy (non-hydrogen) atoms. The standard InChI is InChI=1S/C20H23NO2/c1-5-6-11-21-13(2)19(14(3)22)17-12-18(23-4)15-9-7-8-10-16(15)20(17)21/h7-10,12H,5-6,11H2,1-4H3. The molecular formula is C20H23NO2. The number of unbranched alkanes of at least 4 members (excludes halogenated alkanes) is 1. The zero-order chi connectivity index (χ0) is 16.6. The summed E-state index contributed by atoms with van der Waals surface area (Å²) in [6.07, 6.45) is 2.23. The first-order valence-electron chi connectivity index (χ1n) is 8.19. The molecule has 0 unspecified atom stereocenters. The van der Waals surface area contributed by atoms with Crippen molar-refractivity contribution in [3.8, 4) is 5.75 Å². The van der Waals surface area contributed by atoms with E-state index in [-0.39, 0.29) is 5.78 Å². The van der Waals surface area contributed by atoms with Gasteiger partial charge in [-0.25, -0.2) is 0 Å². The topological polar surface area (TPSA) is 31.2 Å². The molecule has 0 bridgehead atoms. The maximum absolute atomic E-state index is 12.2. The number of benzene rings is 2. The molecule has 0 N–H and O–H groups in total. The van der Waals surface area contributed by atoms with Gasteiger partial charge < -0.3 is 9.30 Å². The number of rotatable bonds is 5. The smallest absolute Gasteiger partial charge is 0.162 e. The molecule has 0 radical (unpaired) electrons. The maximum Gasteiger partial charge on any atom is 0.162 e. The second-order valence-corrected chi connectivity index (χ2v) is 6.04. The van der Waals surface area contributed by atoms with Crippen molar-refractivity contribution in [1.82, 2.24) is 4.57 Å². The summed E-state index contributed by atoms with van der Waals surface area (Å²) in [7, 11) is 1.68. The Labute approximate surface area is 136 Å². The Bertz CT molecular complexity index is 890. The van der Waals surface area contributed by atoms with Gasteiger partial charge in [-0.2, -0.15) is 0 Å². The molecule has 3 aromatic rings. The van der Waals surface area contributed by atoms with Crippen LogP contribution in [0.25, 0.3) is 21.7 Å². The highest BCUT2D eigenvalue weighted by Crippen LogP contribution is 2.38. The van der Waals surface area contributed by atoms with Crippen molar-refractivity contribution in [2.75, 3.05) is 7.11 Å². The van der Waals surface area contributed by atoms with E-state index in [1.165, 1.54) is 0 Å². The lowest BCUT2D eigenvalue weighted by atomic mass is 10.0. The van der Waals surface area contributed by atoms with Crippen LogP contribution in [0.1, 0.15) is 42.7 Å². The molecule has 0 aliphatic carbocycles. The summed E-state index contributed by atoms with van der Waals surface area (Å²) in [6.45, 7) is 6.82. The third kappa shape index (κ3) is 2.40. The molecule has 120 valence electrons. The number of nitrogens with zero attached hydrogens (tertiary/aromatic N) is 1. The molecule has 0 fully saturated rings. The van der Waals surface area contributed by atoms with E-state index in [1.54, 1.807) is 14.0 Å². The number of methoxy groups -OCH3 is 1. The maximum atomic E-state index is 12.2. The lowest BCUT2D eigenvalue weighted by Crippen LogP contribution is -2.02. The number of carbonyl (C=O) groups excluding carboxylic acids is 1. The van der Waals surface area contributed by atoms with Gasteiger partial charge in [0.15, 0.2) is 5.78 Å². The van der Waals surface area contributed by atoms with Gasteiger partial charge in [0.2, 0.25) is 0 Å². The number of aromatic nitrogens is 1. The highest BCUT2D eigenvalue weighted by Gasteiger charge is 2.20. The van der Waals surface area contributed by atoms with E-state index in [2.05, 4.69) is 23.6 Å². The summed E-state index contributed by atoms with van der Waals surface area (Å²) >= 11 is 0. The minimum absolute atomic E-state index is 0.111. The van der Waals surface area contributed by atoms with Gasteiger partial charge in [-0.3, -0.25) is 4.79 Å². The molecular weight excluding hydrogens is 286 g/mol. The number of carbonyl (C=O) groups is 1. The summed E-state index contributed by atoms with van der Waals surface area (Å²) < 4.78 is 7.88. The quantitative estimate of drug-likeness (QED) is 0.613. The molecule has 0 saturated carbocycles. The van der Waals surface area contributed by atoms with Crippen molar-refractivity contribution in [2.24, 2.45) is 0 Å². The van der Waals surface area contributed by atoms with Gasteiger partial charge in [-0.1, -0.05) is 37.6 Å². The van der Waals surface area contributed by atoms with E-state index >= 15 is 0 Å². The van der Waals surface area contributed by atoms with E-state index in [0.29, 0.717) is 0 Å². The minimum atomic E-state index is 0.111. The molecule has 0 saturated heterocycles. The Morgan fingerprint density at radius 3 is 2.48 bits per heavy atom. The molecule has 0 spiro atoms. The lowest BCUT2D eigenvalue weighted by molar-refractivity contribution is 0.101. The van der Waals surface area contributed by atoms with Crippen molar-refractivity contribution >= 4 is 27.5 Å². The fourth-order valence-electron chi connectivity index (χ4n) is 3.51. The summed E-state index contributed by atoms with van der Waals surface area (Å²) in [5.74, 6) is 0.934. The van der Waals surface area contributed by atoms with Crippen LogP contribution >= 0.6 is 0 Å². The monoisotopic (exact) mass is 309 g/mol. The van der Waals surface area contributed by atoms with Gasteiger partial charge >= 0.3 is 0 Å². The Morgan fingerprint density at radius 1 is 1.17 bits per heavy atom. The lowest BCUT2D eigenvalue weighted by Gasteiger charge is -2.11. The predicted octanol–water partition coefficient (Wildman–Crippen LogP) is 5.11. The van der Waals surface area contributed by atoms with Crippen LogP contribution in [-0.2, 0) is 6.54 Å². The van der Waals surface area contributed by atoms with Crippen LogP contribution in [0.3, 0.4) is 0 Å². The molecule has 1 aromatic heterocycles. The minimum Gasteiger partial charge on any atom is -0.496 e. The molecule has 2 aromatic carbocycles. The zero-order valence-corrected chi connectivity index (χ0v) is 14.3. The fourth-order valence-corrected chi connectivity index (χ4v) is 3.51. The predicted molar refractivity (Wildman–Crippen MR) is 95.6 cm³/mol. The van der Waals surface area contributed by atoms with Crippen molar-refractivity contribution < 1.29 is 9.53 Å². The van der Waals surface area contributed by atoms with Crippen LogP contribution in [0.5, 0.6) is 5.75 Å².